The molecule has 0 spiro atoms. The number of aliphatic hydroxyl groups is 1. The van der Waals surface area contributed by atoms with Gasteiger partial charge in [0, 0.05) is 24.3 Å². The first-order valence-corrected chi connectivity index (χ1v) is 10.8. The summed E-state index contributed by atoms with van der Waals surface area (Å²) in [6, 6.07) is 14.5. The van der Waals surface area contributed by atoms with Gasteiger partial charge in [-0.3, -0.25) is 0 Å². The van der Waals surface area contributed by atoms with Gasteiger partial charge in [-0.25, -0.2) is 4.98 Å². The fourth-order valence-corrected chi connectivity index (χ4v) is 3.41. The molecule has 32 heavy (non-hydrogen) atoms. The monoisotopic (exact) mass is 430 g/mol. The van der Waals surface area contributed by atoms with Gasteiger partial charge >= 0.3 is 0 Å². The molecule has 2 heterocycles. The Morgan fingerprint density at radius 3 is 2.59 bits per heavy atom. The molecule has 6 heteroatoms. The van der Waals surface area contributed by atoms with E-state index in [9.17, 15) is 0 Å². The number of ether oxygens (including phenoxy) is 1. The summed E-state index contributed by atoms with van der Waals surface area (Å²) in [7, 11) is 3.59. The number of rotatable bonds is 7. The van der Waals surface area contributed by atoms with Crippen molar-refractivity contribution in [3.63, 3.8) is 0 Å². The molecule has 2 aliphatic rings. The van der Waals surface area contributed by atoms with Gasteiger partial charge in [-0.15, -0.1) is 0 Å². The van der Waals surface area contributed by atoms with Crippen molar-refractivity contribution in [3.05, 3.63) is 94.5 Å². The van der Waals surface area contributed by atoms with Crippen LogP contribution in [0.15, 0.2) is 72.2 Å². The van der Waals surface area contributed by atoms with Gasteiger partial charge in [0.2, 0.25) is 0 Å². The van der Waals surface area contributed by atoms with Crippen molar-refractivity contribution >= 4 is 5.70 Å². The average Bonchev–Trinajstić information content (AvgIpc) is 3.65. The minimum absolute atomic E-state index is 0.151. The lowest BCUT2D eigenvalue weighted by Crippen LogP contribution is -2.31. The number of benzene rings is 1. The summed E-state index contributed by atoms with van der Waals surface area (Å²) in [5, 5.41) is 24.0. The minimum atomic E-state index is 0.151. The first-order chi connectivity index (χ1) is 15.7. The molecule has 1 saturated carbocycles. The molecule has 3 N–H and O–H groups in total. The SMILES string of the molecule is CNCc1ccc(CC2C=CC(OC)=C(c3ccnc(C#N)c3)N2)cc1.OCC=C1CC1. The maximum absolute atomic E-state index is 9.09. The largest absolute Gasteiger partial charge is 0.495 e. The Balaban J connectivity index is 0.000000416. The van der Waals surface area contributed by atoms with Crippen LogP contribution in [0.25, 0.3) is 5.70 Å². The van der Waals surface area contributed by atoms with E-state index < -0.39 is 0 Å². The Hall–Kier alpha value is -3.40. The Bertz CT molecular complexity index is 1030. The van der Waals surface area contributed by atoms with Gasteiger partial charge in [0.05, 0.1) is 19.4 Å². The smallest absolute Gasteiger partial charge is 0.142 e. The van der Waals surface area contributed by atoms with Crippen LogP contribution in [0.1, 0.15) is 35.2 Å². The summed E-state index contributed by atoms with van der Waals surface area (Å²) in [6.07, 6.45) is 10.9. The van der Waals surface area contributed by atoms with Crippen LogP contribution < -0.4 is 10.6 Å². The van der Waals surface area contributed by atoms with Crippen LogP contribution in [0.2, 0.25) is 0 Å². The number of methoxy groups -OCH3 is 1. The molecule has 1 unspecified atom stereocenters. The van der Waals surface area contributed by atoms with Crippen molar-refractivity contribution < 1.29 is 9.84 Å². The molecule has 0 radical (unpaired) electrons. The van der Waals surface area contributed by atoms with E-state index in [0.717, 1.165) is 30.0 Å². The van der Waals surface area contributed by atoms with Gasteiger partial charge in [0.1, 0.15) is 17.5 Å². The van der Waals surface area contributed by atoms with Gasteiger partial charge in [-0.1, -0.05) is 42.0 Å². The molecule has 0 bridgehead atoms. The van der Waals surface area contributed by atoms with Crippen LogP contribution in [0, 0.1) is 11.3 Å². The van der Waals surface area contributed by atoms with Crippen LogP contribution >= 0.6 is 0 Å². The number of allylic oxidation sites excluding steroid dienone is 2. The maximum atomic E-state index is 9.09. The van der Waals surface area contributed by atoms with Gasteiger partial charge in [-0.2, -0.15) is 5.26 Å². The quantitative estimate of drug-likeness (QED) is 0.583. The van der Waals surface area contributed by atoms with E-state index in [2.05, 4.69) is 52.0 Å². The predicted octanol–water partition coefficient (Wildman–Crippen LogP) is 3.46. The molecule has 1 aromatic heterocycles. The van der Waals surface area contributed by atoms with Crippen molar-refractivity contribution in [1.29, 1.82) is 5.26 Å². The number of hydrogen-bond donors (Lipinski definition) is 3. The number of aliphatic hydroxyl groups excluding tert-OH is 1. The topological polar surface area (TPSA) is 90.2 Å². The molecular weight excluding hydrogens is 400 g/mol. The third kappa shape index (κ3) is 6.81. The van der Waals surface area contributed by atoms with Gasteiger partial charge in [0.15, 0.2) is 0 Å². The Labute approximate surface area is 190 Å². The molecular formula is C26H30N4O2. The van der Waals surface area contributed by atoms with E-state index in [4.69, 9.17) is 15.1 Å². The first-order valence-electron chi connectivity index (χ1n) is 10.8. The van der Waals surface area contributed by atoms with Gasteiger partial charge in [-0.05, 0) is 55.6 Å². The average molecular weight is 431 g/mol. The van der Waals surface area contributed by atoms with Crippen LogP contribution in [0.5, 0.6) is 0 Å². The molecule has 1 atom stereocenters. The maximum Gasteiger partial charge on any atom is 0.142 e. The fourth-order valence-electron chi connectivity index (χ4n) is 3.41. The first kappa shape index (κ1) is 23.3. The van der Waals surface area contributed by atoms with E-state index in [1.807, 2.05) is 25.3 Å². The van der Waals surface area contributed by atoms with Crippen molar-refractivity contribution in [1.82, 2.24) is 15.6 Å². The third-order valence-electron chi connectivity index (χ3n) is 5.22. The Morgan fingerprint density at radius 2 is 2.00 bits per heavy atom. The molecule has 0 amide bonds. The van der Waals surface area contributed by atoms with E-state index in [-0.39, 0.29) is 12.6 Å². The highest BCUT2D eigenvalue weighted by Gasteiger charge is 2.18. The number of nitriles is 1. The van der Waals surface area contributed by atoms with E-state index in [0.29, 0.717) is 5.69 Å². The van der Waals surface area contributed by atoms with E-state index >= 15 is 0 Å². The Kier molecular flexibility index (Phi) is 8.61. The molecule has 1 aromatic carbocycles. The number of hydrogen-bond acceptors (Lipinski definition) is 6. The molecule has 1 aliphatic carbocycles. The number of dihydropyridines is 1. The standard InChI is InChI=1S/C21H22N4O.C5H8O/c1-23-14-16-5-3-15(4-6-16)11-18-7-8-20(26-2)21(25-18)17-9-10-24-19(12-17)13-22;6-4-3-5-1-2-5/h3-10,12,18,23,25H,11,14H2,1-2H3;3,6H,1-2,4H2. The molecule has 0 saturated heterocycles. The summed E-state index contributed by atoms with van der Waals surface area (Å²) < 4.78 is 5.49. The lowest BCUT2D eigenvalue weighted by molar-refractivity contribution is 0.304. The summed E-state index contributed by atoms with van der Waals surface area (Å²) >= 11 is 0. The van der Waals surface area contributed by atoms with Crippen LogP contribution in [0.3, 0.4) is 0 Å². The summed E-state index contributed by atoms with van der Waals surface area (Å²) in [4.78, 5) is 4.04. The second-order valence-electron chi connectivity index (χ2n) is 7.69. The fraction of sp³-hybridized carbons (Fsp3) is 0.308. The minimum Gasteiger partial charge on any atom is -0.495 e. The lowest BCUT2D eigenvalue weighted by atomic mass is 9.99. The molecule has 4 rings (SSSR count). The van der Waals surface area contributed by atoms with Crippen molar-refractivity contribution in [2.24, 2.45) is 0 Å². The zero-order valence-electron chi connectivity index (χ0n) is 18.6. The summed E-state index contributed by atoms with van der Waals surface area (Å²) in [6.45, 7) is 1.10. The number of pyridine rings is 1. The Morgan fingerprint density at radius 1 is 1.25 bits per heavy atom. The van der Waals surface area contributed by atoms with Crippen LogP contribution in [-0.4, -0.2) is 36.9 Å². The highest BCUT2D eigenvalue weighted by atomic mass is 16.5. The summed E-state index contributed by atoms with van der Waals surface area (Å²) in [5.41, 5.74) is 6.11. The second-order valence-corrected chi connectivity index (χ2v) is 7.69. The van der Waals surface area contributed by atoms with Crippen molar-refractivity contribution in [2.45, 2.75) is 31.8 Å². The highest BCUT2D eigenvalue weighted by Crippen LogP contribution is 2.26. The summed E-state index contributed by atoms with van der Waals surface area (Å²) in [5.74, 6) is 0.751. The van der Waals surface area contributed by atoms with Gasteiger partial charge in [0.25, 0.3) is 0 Å². The highest BCUT2D eigenvalue weighted by molar-refractivity contribution is 5.70. The molecule has 2 aromatic rings. The molecule has 166 valence electrons. The molecule has 6 nitrogen and oxygen atoms in total. The zero-order chi connectivity index (χ0) is 22.8. The number of nitrogens with one attached hydrogen (secondary N) is 2. The molecule has 1 aliphatic heterocycles. The second kappa shape index (κ2) is 11.8. The zero-order valence-corrected chi connectivity index (χ0v) is 18.6. The lowest BCUT2D eigenvalue weighted by Gasteiger charge is -2.25. The molecule has 1 fully saturated rings. The third-order valence-corrected chi connectivity index (χ3v) is 5.22. The van der Waals surface area contributed by atoms with E-state index in [1.165, 1.54) is 29.5 Å². The number of aromatic nitrogens is 1. The van der Waals surface area contributed by atoms with Crippen molar-refractivity contribution in [3.8, 4) is 6.07 Å². The predicted molar refractivity (Wildman–Crippen MR) is 126 cm³/mol. The van der Waals surface area contributed by atoms with Crippen LogP contribution in [-0.2, 0) is 17.7 Å². The van der Waals surface area contributed by atoms with Crippen LogP contribution in [0.4, 0.5) is 0 Å². The van der Waals surface area contributed by atoms with Crippen molar-refractivity contribution in [2.75, 3.05) is 20.8 Å². The van der Waals surface area contributed by atoms with Gasteiger partial charge < -0.3 is 20.5 Å². The number of nitrogens with zero attached hydrogens (tertiary/aromatic N) is 2. The van der Waals surface area contributed by atoms with E-state index in [1.54, 1.807) is 19.4 Å². The normalized spacial score (nSPS) is 16.4.